The van der Waals surface area contributed by atoms with Gasteiger partial charge in [0.05, 0.1) is 11.5 Å². The number of thioether (sulfide) groups is 1. The van der Waals surface area contributed by atoms with Crippen molar-refractivity contribution in [3.63, 3.8) is 0 Å². The Bertz CT molecular complexity index is 685. The van der Waals surface area contributed by atoms with E-state index in [2.05, 4.69) is 5.32 Å². The molecule has 0 bridgehead atoms. The van der Waals surface area contributed by atoms with Crippen molar-refractivity contribution in [1.82, 2.24) is 5.32 Å². The largest absolute Gasteiger partial charge is 0.490 e. The number of amides is 2. The first-order valence-corrected chi connectivity index (χ1v) is 7.63. The Hall–Kier alpha value is -2.48. The van der Waals surface area contributed by atoms with Crippen molar-refractivity contribution in [2.24, 2.45) is 0 Å². The fraction of sp³-hybridized carbons (Fsp3) is 0.267. The van der Waals surface area contributed by atoms with Crippen LogP contribution in [0, 0.1) is 0 Å². The van der Waals surface area contributed by atoms with E-state index in [-0.39, 0.29) is 4.91 Å². The molecule has 7 nitrogen and oxygen atoms in total. The highest BCUT2D eigenvalue weighted by atomic mass is 32.2. The number of carbonyl (C=O) groups is 3. The van der Waals surface area contributed by atoms with Gasteiger partial charge in [-0.1, -0.05) is 6.07 Å². The number of aliphatic carboxylic acids is 1. The van der Waals surface area contributed by atoms with E-state index >= 15 is 0 Å². The van der Waals surface area contributed by atoms with Gasteiger partial charge in [-0.2, -0.15) is 0 Å². The maximum Gasteiger partial charge on any atom is 0.344 e. The van der Waals surface area contributed by atoms with Crippen molar-refractivity contribution < 1.29 is 29.0 Å². The number of ether oxygens (including phenoxy) is 2. The van der Waals surface area contributed by atoms with Crippen LogP contribution in [-0.2, 0) is 9.59 Å². The van der Waals surface area contributed by atoms with Crippen LogP contribution in [0.25, 0.3) is 6.08 Å². The van der Waals surface area contributed by atoms with Crippen LogP contribution in [0.4, 0.5) is 4.79 Å². The van der Waals surface area contributed by atoms with Gasteiger partial charge < -0.3 is 14.6 Å². The molecule has 1 heterocycles. The quantitative estimate of drug-likeness (QED) is 0.768. The van der Waals surface area contributed by atoms with Gasteiger partial charge >= 0.3 is 5.97 Å². The molecule has 2 rings (SSSR count). The van der Waals surface area contributed by atoms with E-state index in [1.165, 1.54) is 6.92 Å². The van der Waals surface area contributed by atoms with Gasteiger partial charge in [0.2, 0.25) is 0 Å². The molecule has 0 radical (unpaired) electrons. The van der Waals surface area contributed by atoms with Gasteiger partial charge in [-0.3, -0.25) is 14.9 Å². The van der Waals surface area contributed by atoms with Crippen LogP contribution in [0.1, 0.15) is 19.4 Å². The summed E-state index contributed by atoms with van der Waals surface area (Å²) < 4.78 is 10.8. The second kappa shape index (κ2) is 7.19. The van der Waals surface area contributed by atoms with Crippen LogP contribution in [0.15, 0.2) is 23.1 Å². The van der Waals surface area contributed by atoms with Crippen molar-refractivity contribution in [2.75, 3.05) is 6.61 Å². The van der Waals surface area contributed by atoms with Crippen LogP contribution in [0.5, 0.6) is 11.5 Å². The molecule has 2 amide bonds. The summed E-state index contributed by atoms with van der Waals surface area (Å²) in [5.74, 6) is -0.873. The Morgan fingerprint density at radius 2 is 2.13 bits per heavy atom. The molecule has 0 saturated carbocycles. The highest BCUT2D eigenvalue weighted by Gasteiger charge is 2.25. The summed E-state index contributed by atoms with van der Waals surface area (Å²) in [7, 11) is 0. The third kappa shape index (κ3) is 4.26. The molecular weight excluding hydrogens is 322 g/mol. The third-order valence-electron chi connectivity index (χ3n) is 2.86. The van der Waals surface area contributed by atoms with Crippen LogP contribution in [0.2, 0.25) is 0 Å². The Kier molecular flexibility index (Phi) is 5.28. The fourth-order valence-corrected chi connectivity index (χ4v) is 2.48. The molecule has 1 fully saturated rings. The summed E-state index contributed by atoms with van der Waals surface area (Å²) in [6.07, 6.45) is 0.532. The molecule has 1 unspecified atom stereocenters. The lowest BCUT2D eigenvalue weighted by atomic mass is 10.2. The van der Waals surface area contributed by atoms with Gasteiger partial charge in [0.15, 0.2) is 17.6 Å². The summed E-state index contributed by atoms with van der Waals surface area (Å²) in [5, 5.41) is 10.7. The van der Waals surface area contributed by atoms with Crippen molar-refractivity contribution in [3.8, 4) is 11.5 Å². The number of carboxylic acids is 1. The normalized spacial score (nSPS) is 17.0. The number of nitrogens with one attached hydrogen (secondary N) is 1. The second-order valence-electron chi connectivity index (χ2n) is 4.59. The lowest BCUT2D eigenvalue weighted by molar-refractivity contribution is -0.144. The second-order valence-corrected chi connectivity index (χ2v) is 5.60. The molecule has 8 heteroatoms. The van der Waals surface area contributed by atoms with Gasteiger partial charge in [0, 0.05) is 0 Å². The molecule has 1 aromatic carbocycles. The number of hydrogen-bond donors (Lipinski definition) is 2. The molecule has 0 aliphatic carbocycles. The third-order valence-corrected chi connectivity index (χ3v) is 3.67. The minimum absolute atomic E-state index is 0.282. The molecule has 2 N–H and O–H groups in total. The first-order valence-electron chi connectivity index (χ1n) is 6.82. The summed E-state index contributed by atoms with van der Waals surface area (Å²) in [6, 6.07) is 4.84. The lowest BCUT2D eigenvalue weighted by Crippen LogP contribution is -2.23. The molecule has 1 aliphatic heterocycles. The zero-order valence-corrected chi connectivity index (χ0v) is 13.3. The van der Waals surface area contributed by atoms with Crippen LogP contribution in [-0.4, -0.2) is 34.9 Å². The summed E-state index contributed by atoms with van der Waals surface area (Å²) in [5.41, 5.74) is 0.635. The maximum atomic E-state index is 11.5. The predicted molar refractivity (Wildman–Crippen MR) is 84.4 cm³/mol. The Morgan fingerprint density at radius 3 is 2.70 bits per heavy atom. The SMILES string of the molecule is CCOc1cc(/C=C2/SC(=O)NC2=O)ccc1OC(C)C(=O)O. The number of benzene rings is 1. The number of imide groups is 1. The maximum absolute atomic E-state index is 11.5. The van der Waals surface area contributed by atoms with Gasteiger partial charge in [-0.05, 0) is 49.4 Å². The van der Waals surface area contributed by atoms with Crippen LogP contribution < -0.4 is 14.8 Å². The highest BCUT2D eigenvalue weighted by Crippen LogP contribution is 2.32. The van der Waals surface area contributed by atoms with E-state index in [4.69, 9.17) is 14.6 Å². The molecule has 1 atom stereocenters. The first-order chi connectivity index (χ1) is 10.9. The molecule has 1 aromatic rings. The van der Waals surface area contributed by atoms with Crippen LogP contribution >= 0.6 is 11.8 Å². The Morgan fingerprint density at radius 1 is 1.39 bits per heavy atom. The minimum Gasteiger partial charge on any atom is -0.490 e. The summed E-state index contributed by atoms with van der Waals surface area (Å²) in [6.45, 7) is 3.57. The van der Waals surface area contributed by atoms with Crippen molar-refractivity contribution in [3.05, 3.63) is 28.7 Å². The van der Waals surface area contributed by atoms with E-state index in [0.717, 1.165) is 11.8 Å². The van der Waals surface area contributed by atoms with Gasteiger partial charge in [-0.15, -0.1) is 0 Å². The van der Waals surface area contributed by atoms with Gasteiger partial charge in [0.25, 0.3) is 11.1 Å². The van der Waals surface area contributed by atoms with E-state index in [1.807, 2.05) is 0 Å². The lowest BCUT2D eigenvalue weighted by Gasteiger charge is -2.15. The highest BCUT2D eigenvalue weighted by molar-refractivity contribution is 8.18. The smallest absolute Gasteiger partial charge is 0.344 e. The topological polar surface area (TPSA) is 102 Å². The summed E-state index contributed by atoms with van der Waals surface area (Å²) in [4.78, 5) is 33.9. The van der Waals surface area contributed by atoms with Crippen LogP contribution in [0.3, 0.4) is 0 Å². The molecule has 122 valence electrons. The van der Waals surface area contributed by atoms with Gasteiger partial charge in [0.1, 0.15) is 0 Å². The first kappa shape index (κ1) is 16.9. The van der Waals surface area contributed by atoms with E-state index in [0.29, 0.717) is 23.7 Å². The number of carbonyl (C=O) groups excluding carboxylic acids is 2. The number of carboxylic acid groups (broad SMARTS) is 1. The molecule has 1 aliphatic rings. The Labute approximate surface area is 136 Å². The van der Waals surface area contributed by atoms with Gasteiger partial charge in [-0.25, -0.2) is 4.79 Å². The molecule has 23 heavy (non-hydrogen) atoms. The van der Waals surface area contributed by atoms with E-state index in [9.17, 15) is 14.4 Å². The summed E-state index contributed by atoms with van der Waals surface area (Å²) >= 11 is 0.818. The molecule has 0 spiro atoms. The van der Waals surface area contributed by atoms with Crippen molar-refractivity contribution in [2.45, 2.75) is 20.0 Å². The number of hydrogen-bond acceptors (Lipinski definition) is 6. The zero-order chi connectivity index (χ0) is 17.0. The van der Waals surface area contributed by atoms with E-state index < -0.39 is 23.2 Å². The zero-order valence-electron chi connectivity index (χ0n) is 12.5. The average molecular weight is 337 g/mol. The monoisotopic (exact) mass is 337 g/mol. The molecule has 1 saturated heterocycles. The molecule has 0 aromatic heterocycles. The number of rotatable bonds is 6. The molecular formula is C15H15NO6S. The minimum atomic E-state index is -1.09. The average Bonchev–Trinajstić information content (AvgIpc) is 2.79. The van der Waals surface area contributed by atoms with Crippen molar-refractivity contribution in [1.29, 1.82) is 0 Å². The standard InChI is InChI=1S/C15H15NO6S/c1-3-21-11-6-9(7-12-13(17)16-15(20)23-12)4-5-10(11)22-8(2)14(18)19/h4-8H,3H2,1-2H3,(H,18,19)(H,16,17,20)/b12-7+. The predicted octanol–water partition coefficient (Wildman–Crippen LogP) is 2.26. The fourth-order valence-electron chi connectivity index (χ4n) is 1.79. The Balaban J connectivity index is 2.28. The van der Waals surface area contributed by atoms with E-state index in [1.54, 1.807) is 31.2 Å². The van der Waals surface area contributed by atoms with Crippen molar-refractivity contribution >= 4 is 35.0 Å².